The van der Waals surface area contributed by atoms with Gasteiger partial charge in [0.25, 0.3) is 0 Å². The van der Waals surface area contributed by atoms with Crippen LogP contribution in [0.5, 0.6) is 0 Å². The number of rotatable bonds is 7. The van der Waals surface area contributed by atoms with Crippen molar-refractivity contribution < 1.29 is 4.43 Å². The summed E-state index contributed by atoms with van der Waals surface area (Å²) in [5.41, 5.74) is 3.05. The van der Waals surface area contributed by atoms with Gasteiger partial charge in [0.2, 0.25) is 0 Å². The third-order valence-corrected chi connectivity index (χ3v) is 8.11. The predicted molar refractivity (Wildman–Crippen MR) is 141 cm³/mol. The van der Waals surface area contributed by atoms with Gasteiger partial charge in [-0.1, -0.05) is 88.7 Å². The first kappa shape index (κ1) is 25.5. The minimum atomic E-state index is -1.19. The molecule has 1 unspecified atom stereocenters. The standard InChI is InChI=1S/C28H42ClNOSi/c1-26(2,3)25(31-32(6)7)28(23-11-9-8-10-12-23)17-19-30(20-18-28)21-27(4,5)22-13-15-24(29)16-14-22/h8-16,25,32H,17-21H2,1-7H3. The second-order valence-corrected chi connectivity index (χ2v) is 14.4. The first-order valence-electron chi connectivity index (χ1n) is 12.1. The molecular weight excluding hydrogens is 430 g/mol. The third kappa shape index (κ3) is 5.86. The number of hydrogen-bond acceptors (Lipinski definition) is 2. The Kier molecular flexibility index (Phi) is 7.97. The van der Waals surface area contributed by atoms with Gasteiger partial charge in [-0.25, -0.2) is 0 Å². The Morgan fingerprint density at radius 3 is 2.00 bits per heavy atom. The molecule has 176 valence electrons. The van der Waals surface area contributed by atoms with Gasteiger partial charge >= 0.3 is 0 Å². The molecule has 0 N–H and O–H groups in total. The fraction of sp³-hybridized carbons (Fsp3) is 0.571. The number of halogens is 1. The van der Waals surface area contributed by atoms with E-state index in [9.17, 15) is 0 Å². The quantitative estimate of drug-likeness (QED) is 0.400. The second kappa shape index (κ2) is 10.0. The van der Waals surface area contributed by atoms with E-state index in [0.29, 0.717) is 0 Å². The van der Waals surface area contributed by atoms with Gasteiger partial charge in [-0.15, -0.1) is 0 Å². The summed E-state index contributed by atoms with van der Waals surface area (Å²) in [7, 11) is -1.19. The van der Waals surface area contributed by atoms with Crippen LogP contribution in [0.4, 0.5) is 0 Å². The van der Waals surface area contributed by atoms with E-state index >= 15 is 0 Å². The van der Waals surface area contributed by atoms with E-state index in [0.717, 1.165) is 37.5 Å². The molecule has 2 nitrogen and oxygen atoms in total. The molecule has 0 aromatic heterocycles. The molecule has 4 heteroatoms. The van der Waals surface area contributed by atoms with E-state index in [2.05, 4.69) is 95.1 Å². The summed E-state index contributed by atoms with van der Waals surface area (Å²) in [6, 6.07) is 19.6. The molecule has 3 rings (SSSR count). The van der Waals surface area contributed by atoms with Gasteiger partial charge in [-0.2, -0.15) is 0 Å². The molecule has 32 heavy (non-hydrogen) atoms. The Balaban J connectivity index is 1.84. The first-order valence-corrected chi connectivity index (χ1v) is 15.3. The average molecular weight is 472 g/mol. The van der Waals surface area contributed by atoms with Gasteiger partial charge in [0.1, 0.15) is 0 Å². The van der Waals surface area contributed by atoms with Crippen molar-refractivity contribution in [1.29, 1.82) is 0 Å². The van der Waals surface area contributed by atoms with Gasteiger partial charge in [0, 0.05) is 22.4 Å². The van der Waals surface area contributed by atoms with Gasteiger partial charge in [0.15, 0.2) is 9.04 Å². The van der Waals surface area contributed by atoms with Gasteiger partial charge in [-0.05, 0) is 67.7 Å². The lowest BCUT2D eigenvalue weighted by atomic mass is 9.62. The number of likely N-dealkylation sites (tertiary alicyclic amines) is 1. The van der Waals surface area contributed by atoms with Crippen LogP contribution >= 0.6 is 11.6 Å². The van der Waals surface area contributed by atoms with Gasteiger partial charge < -0.3 is 9.33 Å². The molecule has 1 aliphatic rings. The molecule has 0 aliphatic carbocycles. The van der Waals surface area contributed by atoms with E-state index in [1.54, 1.807) is 0 Å². The maximum atomic E-state index is 6.84. The zero-order valence-electron chi connectivity index (χ0n) is 21.1. The summed E-state index contributed by atoms with van der Waals surface area (Å²) in [5.74, 6) is 0. The summed E-state index contributed by atoms with van der Waals surface area (Å²) in [6.45, 7) is 19.6. The molecule has 2 aromatic rings. The van der Waals surface area contributed by atoms with Crippen LogP contribution < -0.4 is 0 Å². The Morgan fingerprint density at radius 2 is 1.50 bits per heavy atom. The number of piperidine rings is 1. The van der Waals surface area contributed by atoms with Gasteiger partial charge in [0.05, 0.1) is 6.10 Å². The first-order chi connectivity index (χ1) is 14.9. The average Bonchev–Trinajstić information content (AvgIpc) is 2.73. The fourth-order valence-corrected chi connectivity index (χ4v) is 6.91. The lowest BCUT2D eigenvalue weighted by Gasteiger charge is -2.52. The lowest BCUT2D eigenvalue weighted by Crippen LogP contribution is -2.56. The van der Waals surface area contributed by atoms with Crippen LogP contribution in [-0.2, 0) is 15.3 Å². The molecule has 0 bridgehead atoms. The van der Waals surface area contributed by atoms with E-state index in [1.165, 1.54) is 11.1 Å². The van der Waals surface area contributed by atoms with E-state index in [-0.39, 0.29) is 22.3 Å². The predicted octanol–water partition coefficient (Wildman–Crippen LogP) is 7.07. The molecule has 1 fully saturated rings. The Labute approximate surface area is 203 Å². The third-order valence-electron chi connectivity index (χ3n) is 7.04. The molecule has 0 radical (unpaired) electrons. The second-order valence-electron chi connectivity index (χ2n) is 11.6. The minimum Gasteiger partial charge on any atom is -0.416 e. The van der Waals surface area contributed by atoms with Crippen LogP contribution in [0, 0.1) is 5.41 Å². The van der Waals surface area contributed by atoms with Crippen molar-refractivity contribution in [3.8, 4) is 0 Å². The Hall–Kier alpha value is -1.13. The molecule has 0 amide bonds. The highest BCUT2D eigenvalue weighted by atomic mass is 35.5. The molecule has 0 spiro atoms. The van der Waals surface area contributed by atoms with Crippen molar-refractivity contribution in [3.63, 3.8) is 0 Å². The topological polar surface area (TPSA) is 12.5 Å². The molecule has 1 atom stereocenters. The number of hydrogen-bond donors (Lipinski definition) is 0. The van der Waals surface area contributed by atoms with Crippen LogP contribution in [0.2, 0.25) is 18.1 Å². The summed E-state index contributed by atoms with van der Waals surface area (Å²) in [4.78, 5) is 2.66. The fourth-order valence-electron chi connectivity index (χ4n) is 5.57. The van der Waals surface area contributed by atoms with E-state index in [4.69, 9.17) is 16.0 Å². The molecule has 1 saturated heterocycles. The lowest BCUT2D eigenvalue weighted by molar-refractivity contribution is -0.0222. The smallest absolute Gasteiger partial charge is 0.171 e. The SMILES string of the molecule is C[SiH](C)OC(C(C)(C)C)C1(c2ccccc2)CCN(CC(C)(C)c2ccc(Cl)cc2)CC1. The van der Waals surface area contributed by atoms with Crippen LogP contribution in [0.15, 0.2) is 54.6 Å². The highest BCUT2D eigenvalue weighted by Crippen LogP contribution is 2.47. The molecule has 1 aliphatic heterocycles. The number of nitrogens with zero attached hydrogens (tertiary/aromatic N) is 1. The molecule has 2 aromatic carbocycles. The maximum absolute atomic E-state index is 6.84. The summed E-state index contributed by atoms with van der Waals surface area (Å²) >= 11 is 6.13. The van der Waals surface area contributed by atoms with Crippen molar-refractivity contribution in [3.05, 3.63) is 70.7 Å². The molecule has 0 saturated carbocycles. The van der Waals surface area contributed by atoms with Crippen LogP contribution in [0.1, 0.15) is 58.6 Å². The highest BCUT2D eigenvalue weighted by molar-refractivity contribution is 6.48. The van der Waals surface area contributed by atoms with Crippen molar-refractivity contribution in [2.24, 2.45) is 5.41 Å². The normalized spacial score (nSPS) is 18.7. The van der Waals surface area contributed by atoms with Crippen LogP contribution in [0.25, 0.3) is 0 Å². The van der Waals surface area contributed by atoms with Gasteiger partial charge in [-0.3, -0.25) is 0 Å². The van der Waals surface area contributed by atoms with Crippen molar-refractivity contribution in [1.82, 2.24) is 4.90 Å². The largest absolute Gasteiger partial charge is 0.416 e. The van der Waals surface area contributed by atoms with Crippen molar-refractivity contribution >= 4 is 20.6 Å². The Bertz CT molecular complexity index is 849. The van der Waals surface area contributed by atoms with E-state index < -0.39 is 9.04 Å². The van der Waals surface area contributed by atoms with Crippen molar-refractivity contribution in [2.45, 2.75) is 77.5 Å². The zero-order chi connectivity index (χ0) is 23.6. The van der Waals surface area contributed by atoms with Crippen LogP contribution in [0.3, 0.4) is 0 Å². The minimum absolute atomic E-state index is 0.0672. The highest BCUT2D eigenvalue weighted by Gasteiger charge is 2.48. The Morgan fingerprint density at radius 1 is 0.938 bits per heavy atom. The number of benzene rings is 2. The summed E-state index contributed by atoms with van der Waals surface area (Å²) < 4.78 is 6.84. The molecular formula is C28H42ClNOSi. The maximum Gasteiger partial charge on any atom is 0.171 e. The van der Waals surface area contributed by atoms with Crippen molar-refractivity contribution in [2.75, 3.05) is 19.6 Å². The zero-order valence-corrected chi connectivity index (χ0v) is 23.0. The summed E-state index contributed by atoms with van der Waals surface area (Å²) in [5, 5.41) is 0.803. The molecule has 1 heterocycles. The van der Waals surface area contributed by atoms with Crippen LogP contribution in [-0.4, -0.2) is 39.7 Å². The summed E-state index contributed by atoms with van der Waals surface area (Å²) in [6.07, 6.45) is 2.50. The monoisotopic (exact) mass is 471 g/mol. The van der Waals surface area contributed by atoms with E-state index in [1.807, 2.05) is 12.1 Å².